The third kappa shape index (κ3) is 3.45. The SMILES string of the molecule is C[C@H]1[C@@H](C)CCC[C@H]1NC(=S)Nc1ccccc1. The second kappa shape index (κ2) is 6.19. The molecule has 0 spiro atoms. The highest BCUT2D eigenvalue weighted by molar-refractivity contribution is 7.80. The van der Waals surface area contributed by atoms with Crippen LogP contribution in [0.25, 0.3) is 0 Å². The van der Waals surface area contributed by atoms with Gasteiger partial charge in [0.1, 0.15) is 0 Å². The molecule has 0 amide bonds. The Morgan fingerprint density at radius 3 is 2.61 bits per heavy atom. The first-order chi connectivity index (χ1) is 8.66. The van der Waals surface area contributed by atoms with Crippen molar-refractivity contribution < 1.29 is 0 Å². The van der Waals surface area contributed by atoms with E-state index >= 15 is 0 Å². The van der Waals surface area contributed by atoms with Crippen LogP contribution >= 0.6 is 12.2 Å². The van der Waals surface area contributed by atoms with Gasteiger partial charge in [-0.05, 0) is 42.6 Å². The molecule has 1 aromatic rings. The van der Waals surface area contributed by atoms with Gasteiger partial charge in [0.15, 0.2) is 5.11 Å². The number of nitrogens with one attached hydrogen (secondary N) is 2. The van der Waals surface area contributed by atoms with Crippen LogP contribution in [0, 0.1) is 11.8 Å². The Morgan fingerprint density at radius 2 is 1.89 bits per heavy atom. The monoisotopic (exact) mass is 262 g/mol. The lowest BCUT2D eigenvalue weighted by Crippen LogP contribution is -2.45. The molecular formula is C15H22N2S. The van der Waals surface area contributed by atoms with Gasteiger partial charge < -0.3 is 10.6 Å². The third-order valence-corrected chi connectivity index (χ3v) is 4.27. The summed E-state index contributed by atoms with van der Waals surface area (Å²) in [6.07, 6.45) is 3.87. The lowest BCUT2D eigenvalue weighted by Gasteiger charge is -2.35. The molecule has 1 aliphatic carbocycles. The van der Waals surface area contributed by atoms with Gasteiger partial charge in [0.05, 0.1) is 0 Å². The summed E-state index contributed by atoms with van der Waals surface area (Å²) in [4.78, 5) is 0. The van der Waals surface area contributed by atoms with Crippen molar-refractivity contribution in [1.82, 2.24) is 5.32 Å². The largest absolute Gasteiger partial charge is 0.359 e. The highest BCUT2D eigenvalue weighted by atomic mass is 32.1. The summed E-state index contributed by atoms with van der Waals surface area (Å²) >= 11 is 5.39. The molecule has 1 saturated carbocycles. The number of anilines is 1. The van der Waals surface area contributed by atoms with E-state index in [1.54, 1.807) is 0 Å². The quantitative estimate of drug-likeness (QED) is 0.793. The molecule has 2 nitrogen and oxygen atoms in total. The van der Waals surface area contributed by atoms with Crippen LogP contribution in [0.4, 0.5) is 5.69 Å². The molecule has 0 bridgehead atoms. The van der Waals surface area contributed by atoms with Gasteiger partial charge in [-0.15, -0.1) is 0 Å². The van der Waals surface area contributed by atoms with Gasteiger partial charge in [0.25, 0.3) is 0 Å². The van der Waals surface area contributed by atoms with Crippen molar-refractivity contribution in [3.05, 3.63) is 30.3 Å². The summed E-state index contributed by atoms with van der Waals surface area (Å²) in [5, 5.41) is 7.46. The fourth-order valence-corrected chi connectivity index (χ4v) is 2.91. The minimum atomic E-state index is 0.512. The van der Waals surface area contributed by atoms with Gasteiger partial charge in [-0.3, -0.25) is 0 Å². The standard InChI is InChI=1S/C15H22N2S/c1-11-7-6-10-14(12(11)2)17-15(18)16-13-8-4-3-5-9-13/h3-5,8-9,11-12,14H,6-7,10H2,1-2H3,(H2,16,17,18)/t11-,12-,14+/m0/s1. The molecule has 0 radical (unpaired) electrons. The van der Waals surface area contributed by atoms with Gasteiger partial charge in [0.2, 0.25) is 0 Å². The van der Waals surface area contributed by atoms with Crippen LogP contribution in [0.15, 0.2) is 30.3 Å². The summed E-state index contributed by atoms with van der Waals surface area (Å²) in [5.74, 6) is 1.48. The second-order valence-corrected chi connectivity index (χ2v) is 5.75. The number of hydrogen-bond donors (Lipinski definition) is 2. The van der Waals surface area contributed by atoms with Gasteiger partial charge in [0, 0.05) is 11.7 Å². The molecule has 98 valence electrons. The van der Waals surface area contributed by atoms with Crippen LogP contribution in [0.2, 0.25) is 0 Å². The molecule has 3 heteroatoms. The lowest BCUT2D eigenvalue weighted by molar-refractivity contribution is 0.225. The van der Waals surface area contributed by atoms with Crippen molar-refractivity contribution in [2.24, 2.45) is 11.8 Å². The first-order valence-corrected chi connectivity index (χ1v) is 7.20. The molecule has 0 aromatic heterocycles. The fraction of sp³-hybridized carbons (Fsp3) is 0.533. The minimum Gasteiger partial charge on any atom is -0.359 e. The topological polar surface area (TPSA) is 24.1 Å². The molecule has 0 aliphatic heterocycles. The number of rotatable bonds is 2. The van der Waals surface area contributed by atoms with Crippen LogP contribution in [0.1, 0.15) is 33.1 Å². The molecule has 1 fully saturated rings. The Labute approximate surface area is 115 Å². The van der Waals surface area contributed by atoms with Gasteiger partial charge in [-0.2, -0.15) is 0 Å². The lowest BCUT2D eigenvalue weighted by atomic mass is 9.78. The van der Waals surface area contributed by atoms with Crippen LogP contribution in [0.5, 0.6) is 0 Å². The summed E-state index contributed by atoms with van der Waals surface area (Å²) < 4.78 is 0. The van der Waals surface area contributed by atoms with Crippen molar-refractivity contribution in [3.63, 3.8) is 0 Å². The number of benzene rings is 1. The fourth-order valence-electron chi connectivity index (χ4n) is 2.64. The van der Waals surface area contributed by atoms with E-state index in [9.17, 15) is 0 Å². The van der Waals surface area contributed by atoms with Crippen molar-refractivity contribution in [2.45, 2.75) is 39.2 Å². The average molecular weight is 262 g/mol. The second-order valence-electron chi connectivity index (χ2n) is 5.34. The van der Waals surface area contributed by atoms with Crippen molar-refractivity contribution in [3.8, 4) is 0 Å². The molecule has 0 unspecified atom stereocenters. The first kappa shape index (κ1) is 13.3. The van der Waals surface area contributed by atoms with Gasteiger partial charge >= 0.3 is 0 Å². The van der Waals surface area contributed by atoms with E-state index in [1.807, 2.05) is 30.3 Å². The zero-order valence-electron chi connectivity index (χ0n) is 11.1. The molecule has 2 rings (SSSR count). The molecule has 3 atom stereocenters. The third-order valence-electron chi connectivity index (χ3n) is 4.05. The van der Waals surface area contributed by atoms with Crippen molar-refractivity contribution in [2.75, 3.05) is 5.32 Å². The molecular weight excluding hydrogens is 240 g/mol. The van der Waals surface area contributed by atoms with E-state index in [4.69, 9.17) is 12.2 Å². The number of thiocarbonyl (C=S) groups is 1. The van der Waals surface area contributed by atoms with E-state index in [0.29, 0.717) is 12.0 Å². The number of hydrogen-bond acceptors (Lipinski definition) is 1. The van der Waals surface area contributed by atoms with E-state index in [0.717, 1.165) is 16.7 Å². The maximum atomic E-state index is 5.39. The highest BCUT2D eigenvalue weighted by Gasteiger charge is 2.27. The Hall–Kier alpha value is -1.09. The van der Waals surface area contributed by atoms with Gasteiger partial charge in [-0.1, -0.05) is 44.9 Å². The van der Waals surface area contributed by atoms with Crippen LogP contribution in [-0.4, -0.2) is 11.2 Å². The Kier molecular flexibility index (Phi) is 4.59. The summed E-state index contributed by atoms with van der Waals surface area (Å²) in [6.45, 7) is 4.67. The van der Waals surface area contributed by atoms with Crippen LogP contribution < -0.4 is 10.6 Å². The summed E-state index contributed by atoms with van der Waals surface area (Å²) in [5.41, 5.74) is 1.05. The van der Waals surface area contributed by atoms with E-state index in [-0.39, 0.29) is 0 Å². The first-order valence-electron chi connectivity index (χ1n) is 6.79. The number of para-hydroxylation sites is 1. The van der Waals surface area contributed by atoms with Crippen molar-refractivity contribution in [1.29, 1.82) is 0 Å². The average Bonchev–Trinajstić information content (AvgIpc) is 2.36. The Morgan fingerprint density at radius 1 is 1.17 bits per heavy atom. The molecule has 0 saturated heterocycles. The Bertz CT molecular complexity index is 391. The van der Waals surface area contributed by atoms with Crippen LogP contribution in [0.3, 0.4) is 0 Å². The predicted octanol–water partition coefficient (Wildman–Crippen LogP) is 3.80. The summed E-state index contributed by atoms with van der Waals surface area (Å²) in [7, 11) is 0. The molecule has 1 aromatic carbocycles. The Balaban J connectivity index is 1.87. The zero-order valence-corrected chi connectivity index (χ0v) is 12.0. The zero-order chi connectivity index (χ0) is 13.0. The molecule has 2 N–H and O–H groups in total. The van der Waals surface area contributed by atoms with E-state index in [1.165, 1.54) is 19.3 Å². The smallest absolute Gasteiger partial charge is 0.171 e. The molecule has 18 heavy (non-hydrogen) atoms. The van der Waals surface area contributed by atoms with E-state index in [2.05, 4.69) is 24.5 Å². The summed E-state index contributed by atoms with van der Waals surface area (Å²) in [6, 6.07) is 10.6. The van der Waals surface area contributed by atoms with Crippen molar-refractivity contribution >= 4 is 23.0 Å². The minimum absolute atomic E-state index is 0.512. The molecule has 0 heterocycles. The molecule has 1 aliphatic rings. The normalized spacial score (nSPS) is 27.6. The predicted molar refractivity (Wildman–Crippen MR) is 81.8 cm³/mol. The van der Waals surface area contributed by atoms with Crippen LogP contribution in [-0.2, 0) is 0 Å². The highest BCUT2D eigenvalue weighted by Crippen LogP contribution is 2.29. The van der Waals surface area contributed by atoms with E-state index < -0.39 is 0 Å². The van der Waals surface area contributed by atoms with Gasteiger partial charge in [-0.25, -0.2) is 0 Å². The maximum absolute atomic E-state index is 5.39. The maximum Gasteiger partial charge on any atom is 0.171 e.